The summed E-state index contributed by atoms with van der Waals surface area (Å²) in [6, 6.07) is 13.8. The maximum Gasteiger partial charge on any atom is 0.340 e. The largest absolute Gasteiger partial charge is 0.482 e. The molecule has 0 bridgehead atoms. The molecule has 0 unspecified atom stereocenters. The summed E-state index contributed by atoms with van der Waals surface area (Å²) in [5, 5.41) is 5.19. The lowest BCUT2D eigenvalue weighted by atomic mass is 10.1. The molecule has 0 aliphatic carbocycles. The number of rotatable bonds is 6. The number of para-hydroxylation sites is 1. The molecule has 0 saturated carbocycles. The van der Waals surface area contributed by atoms with Crippen LogP contribution in [0.2, 0.25) is 0 Å². The molecule has 1 aliphatic heterocycles. The predicted molar refractivity (Wildman–Crippen MR) is 108 cm³/mol. The van der Waals surface area contributed by atoms with E-state index in [0.29, 0.717) is 11.4 Å². The Morgan fingerprint density at radius 3 is 2.71 bits per heavy atom. The quantitative estimate of drug-likeness (QED) is 0.464. The van der Waals surface area contributed by atoms with E-state index in [0.717, 1.165) is 0 Å². The minimum absolute atomic E-state index is 0.0845. The molecule has 1 aliphatic rings. The number of nitrogens with one attached hydrogen (secondary N) is 2. The summed E-state index contributed by atoms with van der Waals surface area (Å²) < 4.78 is 15.4. The number of ketones is 1. The fraction of sp³-hybridized carbons (Fsp3) is 0.0909. The highest BCUT2D eigenvalue weighted by Gasteiger charge is 2.20. The number of hydrogen-bond acceptors (Lipinski definition) is 7. The van der Waals surface area contributed by atoms with Crippen LogP contribution in [-0.4, -0.2) is 36.8 Å². The summed E-state index contributed by atoms with van der Waals surface area (Å²) in [5.74, 6) is -1.56. The van der Waals surface area contributed by atoms with E-state index in [4.69, 9.17) is 13.9 Å². The Bertz CT molecular complexity index is 1170. The maximum atomic E-state index is 12.5. The maximum absolute atomic E-state index is 12.5. The van der Waals surface area contributed by atoms with Gasteiger partial charge in [0, 0.05) is 5.56 Å². The first kappa shape index (κ1) is 19.9. The van der Waals surface area contributed by atoms with Crippen molar-refractivity contribution in [2.45, 2.75) is 0 Å². The van der Waals surface area contributed by atoms with E-state index in [-0.39, 0.29) is 35.1 Å². The van der Waals surface area contributed by atoms with Crippen molar-refractivity contribution in [1.82, 2.24) is 0 Å². The van der Waals surface area contributed by atoms with Crippen LogP contribution in [0.5, 0.6) is 5.75 Å². The van der Waals surface area contributed by atoms with Crippen molar-refractivity contribution in [2.75, 3.05) is 23.8 Å². The molecule has 0 spiro atoms. The zero-order valence-electron chi connectivity index (χ0n) is 16.0. The Morgan fingerprint density at radius 2 is 1.90 bits per heavy atom. The summed E-state index contributed by atoms with van der Waals surface area (Å²) >= 11 is 0. The normalized spacial score (nSPS) is 12.2. The Kier molecular flexibility index (Phi) is 5.48. The number of amides is 2. The molecule has 9 heteroatoms. The van der Waals surface area contributed by atoms with Gasteiger partial charge in [0.05, 0.1) is 23.2 Å². The van der Waals surface area contributed by atoms with Crippen LogP contribution in [0.25, 0.3) is 0 Å². The molecule has 4 rings (SSSR count). The molecule has 9 nitrogen and oxygen atoms in total. The van der Waals surface area contributed by atoms with Gasteiger partial charge in [-0.3, -0.25) is 14.4 Å². The van der Waals surface area contributed by atoms with E-state index in [1.807, 2.05) is 0 Å². The lowest BCUT2D eigenvalue weighted by Crippen LogP contribution is -2.25. The third-order valence-corrected chi connectivity index (χ3v) is 4.41. The molecule has 3 aromatic rings. The summed E-state index contributed by atoms with van der Waals surface area (Å²) in [6.07, 6.45) is 1.36. The second-order valence-electron chi connectivity index (χ2n) is 6.52. The topological polar surface area (TPSA) is 124 Å². The smallest absolute Gasteiger partial charge is 0.340 e. The Balaban J connectivity index is 1.42. The number of furan rings is 1. The van der Waals surface area contributed by atoms with Crippen LogP contribution in [-0.2, 0) is 9.53 Å². The first-order valence-electron chi connectivity index (χ1n) is 9.22. The van der Waals surface area contributed by atoms with Gasteiger partial charge in [0.15, 0.2) is 24.8 Å². The fourth-order valence-electron chi connectivity index (χ4n) is 2.91. The van der Waals surface area contributed by atoms with E-state index in [1.165, 1.54) is 36.6 Å². The number of benzene rings is 2. The SMILES string of the molecule is O=C1COc2ccc(C(=O)COC(=O)c3ccccc3NC(=O)c3ccco3)cc2N1. The van der Waals surface area contributed by atoms with Gasteiger partial charge >= 0.3 is 5.97 Å². The second-order valence-corrected chi connectivity index (χ2v) is 6.52. The highest BCUT2D eigenvalue weighted by atomic mass is 16.5. The van der Waals surface area contributed by atoms with Gasteiger partial charge in [0.1, 0.15) is 5.75 Å². The lowest BCUT2D eigenvalue weighted by molar-refractivity contribution is -0.118. The predicted octanol–water partition coefficient (Wildman–Crippen LogP) is 2.90. The third-order valence-electron chi connectivity index (χ3n) is 4.41. The molecule has 2 N–H and O–H groups in total. The highest BCUT2D eigenvalue weighted by Crippen LogP contribution is 2.28. The van der Waals surface area contributed by atoms with E-state index >= 15 is 0 Å². The van der Waals surface area contributed by atoms with Crippen LogP contribution in [0.1, 0.15) is 31.3 Å². The van der Waals surface area contributed by atoms with Gasteiger partial charge in [-0.1, -0.05) is 12.1 Å². The molecule has 2 amide bonds. The standard InChI is InChI=1S/C22H16N2O7/c25-17(13-7-8-18-16(10-13)23-20(26)12-30-18)11-31-22(28)14-4-1-2-5-15(14)24-21(27)19-6-3-9-29-19/h1-10H,11-12H2,(H,23,26)(H,24,27). The first-order valence-corrected chi connectivity index (χ1v) is 9.22. The van der Waals surface area contributed by atoms with Crippen LogP contribution in [0.15, 0.2) is 65.3 Å². The molecule has 0 radical (unpaired) electrons. The van der Waals surface area contributed by atoms with Gasteiger partial charge in [-0.2, -0.15) is 0 Å². The summed E-state index contributed by atoms with van der Waals surface area (Å²) in [5.41, 5.74) is 0.924. The van der Waals surface area contributed by atoms with E-state index in [9.17, 15) is 19.2 Å². The highest BCUT2D eigenvalue weighted by molar-refractivity contribution is 6.07. The van der Waals surface area contributed by atoms with E-state index in [2.05, 4.69) is 10.6 Å². The molecule has 0 saturated heterocycles. The molecule has 0 fully saturated rings. The molecule has 2 aromatic carbocycles. The van der Waals surface area contributed by atoms with Crippen molar-refractivity contribution in [1.29, 1.82) is 0 Å². The zero-order chi connectivity index (χ0) is 21.8. The molecule has 156 valence electrons. The van der Waals surface area contributed by atoms with Crippen LogP contribution in [0.4, 0.5) is 11.4 Å². The van der Waals surface area contributed by atoms with Crippen LogP contribution >= 0.6 is 0 Å². The van der Waals surface area contributed by atoms with Crippen molar-refractivity contribution in [3.63, 3.8) is 0 Å². The zero-order valence-corrected chi connectivity index (χ0v) is 16.0. The monoisotopic (exact) mass is 420 g/mol. The average molecular weight is 420 g/mol. The molecule has 2 heterocycles. The first-order chi connectivity index (χ1) is 15.0. The van der Waals surface area contributed by atoms with Gasteiger partial charge in [0.25, 0.3) is 11.8 Å². The van der Waals surface area contributed by atoms with Crippen molar-refractivity contribution in [3.8, 4) is 5.75 Å². The van der Waals surface area contributed by atoms with Crippen LogP contribution < -0.4 is 15.4 Å². The van der Waals surface area contributed by atoms with Crippen molar-refractivity contribution >= 4 is 34.9 Å². The van der Waals surface area contributed by atoms with Crippen molar-refractivity contribution in [2.24, 2.45) is 0 Å². The number of carbonyl (C=O) groups excluding carboxylic acids is 4. The molecular weight excluding hydrogens is 404 g/mol. The average Bonchev–Trinajstić information content (AvgIpc) is 3.32. The third kappa shape index (κ3) is 4.45. The van der Waals surface area contributed by atoms with Gasteiger partial charge in [-0.05, 0) is 42.5 Å². The van der Waals surface area contributed by atoms with Crippen LogP contribution in [0.3, 0.4) is 0 Å². The van der Waals surface area contributed by atoms with Crippen LogP contribution in [0, 0.1) is 0 Å². The number of carbonyl (C=O) groups is 4. The number of esters is 1. The van der Waals surface area contributed by atoms with Gasteiger partial charge in [0.2, 0.25) is 0 Å². The number of ether oxygens (including phenoxy) is 2. The second kappa shape index (κ2) is 8.54. The minimum Gasteiger partial charge on any atom is -0.482 e. The molecule has 31 heavy (non-hydrogen) atoms. The molecule has 1 aromatic heterocycles. The Hall–Kier alpha value is -4.40. The Labute approximate surface area is 175 Å². The van der Waals surface area contributed by atoms with E-state index < -0.39 is 24.3 Å². The Morgan fingerprint density at radius 1 is 1.06 bits per heavy atom. The summed E-state index contributed by atoms with van der Waals surface area (Å²) in [4.78, 5) is 48.6. The van der Waals surface area contributed by atoms with Crippen molar-refractivity contribution in [3.05, 3.63) is 77.7 Å². The fourth-order valence-corrected chi connectivity index (χ4v) is 2.91. The number of Topliss-reactive ketones (excluding diaryl/α,β-unsaturated/α-hetero) is 1. The molecular formula is C22H16N2O7. The summed E-state index contributed by atoms with van der Waals surface area (Å²) in [6.45, 7) is -0.610. The number of hydrogen-bond donors (Lipinski definition) is 2. The van der Waals surface area contributed by atoms with Gasteiger partial charge < -0.3 is 24.5 Å². The summed E-state index contributed by atoms with van der Waals surface area (Å²) in [7, 11) is 0. The number of fused-ring (bicyclic) bond motifs is 1. The van der Waals surface area contributed by atoms with Gasteiger partial charge in [-0.25, -0.2) is 4.79 Å². The molecule has 0 atom stereocenters. The van der Waals surface area contributed by atoms with Crippen molar-refractivity contribution < 1.29 is 33.1 Å². The van der Waals surface area contributed by atoms with E-state index in [1.54, 1.807) is 24.3 Å². The minimum atomic E-state index is -0.779. The number of anilines is 2. The van der Waals surface area contributed by atoms with Gasteiger partial charge in [-0.15, -0.1) is 0 Å². The lowest BCUT2D eigenvalue weighted by Gasteiger charge is -2.18.